The lowest BCUT2D eigenvalue weighted by atomic mass is 9.52. The minimum absolute atomic E-state index is 0.0256. The molecule has 13 atom stereocenters. The number of carbonyl (C=O) groups excluding carboxylic acids is 3. The molecule has 2 N–H and O–H groups in total. The summed E-state index contributed by atoms with van der Waals surface area (Å²) >= 11 is 0. The van der Waals surface area contributed by atoms with Gasteiger partial charge in [-0.3, -0.25) is 4.79 Å². The molecule has 7 heteroatoms. The van der Waals surface area contributed by atoms with Crippen molar-refractivity contribution in [2.24, 2.45) is 51.8 Å². The Bertz CT molecular complexity index is 1310. The van der Waals surface area contributed by atoms with Crippen LogP contribution in [0.3, 0.4) is 0 Å². The lowest BCUT2D eigenvalue weighted by molar-refractivity contribution is -0.157. The fourth-order valence-electron chi connectivity index (χ4n) is 11.5. The number of hydrogen-bond acceptors (Lipinski definition) is 7. The van der Waals surface area contributed by atoms with Crippen molar-refractivity contribution < 1.29 is 34.1 Å². The highest BCUT2D eigenvalue weighted by Crippen LogP contribution is 2.81. The zero-order chi connectivity index (χ0) is 28.8. The number of rotatable bonds is 2. The molecule has 2 heterocycles. The van der Waals surface area contributed by atoms with Crippen LogP contribution in [0, 0.1) is 51.8 Å². The number of carbonyl (C=O) groups is 3. The molecule has 7 rings (SSSR count). The number of ether oxygens (including phenoxy) is 2. The van der Waals surface area contributed by atoms with Crippen molar-refractivity contribution in [1.82, 2.24) is 0 Å². The van der Waals surface area contributed by atoms with Gasteiger partial charge in [0.15, 0.2) is 0 Å². The van der Waals surface area contributed by atoms with Crippen LogP contribution < -0.4 is 0 Å². The molecule has 2 bridgehead atoms. The van der Waals surface area contributed by atoms with Crippen LogP contribution in [0.2, 0.25) is 0 Å². The van der Waals surface area contributed by atoms with Crippen LogP contribution in [0.15, 0.2) is 36.0 Å². The molecule has 0 aromatic carbocycles. The van der Waals surface area contributed by atoms with Crippen molar-refractivity contribution in [3.05, 3.63) is 36.0 Å². The molecule has 40 heavy (non-hydrogen) atoms. The number of aliphatic hydroxyl groups is 2. The monoisotopic (exact) mass is 550 g/mol. The maximum atomic E-state index is 14.6. The summed E-state index contributed by atoms with van der Waals surface area (Å²) in [6.45, 7) is 13.5. The van der Waals surface area contributed by atoms with Crippen molar-refractivity contribution in [3.8, 4) is 0 Å². The van der Waals surface area contributed by atoms with E-state index in [1.807, 2.05) is 13.8 Å². The number of ketones is 1. The van der Waals surface area contributed by atoms with E-state index in [0.717, 1.165) is 5.57 Å². The standard InChI is InChI=1S/C33H42O7/c1-16-7-8-21-22(16)25-23(19(13-17(2)34)14-30(21,5)37)33(28(36)40-25)15-32-12-11-29(33,4)26(32)24-20(9-10-31(32,6)38)18(3)27(35)39-24/h7,11-12,19-26,37-38H,3,8-10,13-15H2,1-2,4-6H3. The smallest absolute Gasteiger partial charge is 0.334 e. The molecule has 5 aliphatic carbocycles. The minimum Gasteiger partial charge on any atom is -0.461 e. The molecule has 13 unspecified atom stereocenters. The van der Waals surface area contributed by atoms with Gasteiger partial charge in [-0.2, -0.15) is 0 Å². The van der Waals surface area contributed by atoms with Gasteiger partial charge in [0.05, 0.1) is 16.6 Å². The van der Waals surface area contributed by atoms with E-state index < -0.39 is 45.6 Å². The second-order valence-corrected chi connectivity index (χ2v) is 15.0. The molecule has 0 aromatic heterocycles. The fourth-order valence-corrected chi connectivity index (χ4v) is 11.5. The SMILES string of the molecule is C=C1C(=O)OC2C1CCC(C)(O)C13C=CC(C)(C21)C1(C3)C(=O)OC2C3C(C)=CCC3C(C)(O)CC(CC(C)=O)C21. The first-order chi connectivity index (χ1) is 18.6. The Labute approximate surface area is 236 Å². The van der Waals surface area contributed by atoms with Crippen LogP contribution in [0.4, 0.5) is 0 Å². The van der Waals surface area contributed by atoms with Crippen molar-refractivity contribution in [3.63, 3.8) is 0 Å². The molecular weight excluding hydrogens is 508 g/mol. The second kappa shape index (κ2) is 7.77. The summed E-state index contributed by atoms with van der Waals surface area (Å²) in [5.74, 6) is -2.03. The first-order valence-corrected chi connectivity index (χ1v) is 15.0. The van der Waals surface area contributed by atoms with Gasteiger partial charge >= 0.3 is 11.9 Å². The third kappa shape index (κ3) is 2.87. The van der Waals surface area contributed by atoms with Gasteiger partial charge in [-0.05, 0) is 65.7 Å². The molecule has 7 aliphatic rings. The number of fused-ring (bicyclic) bond motifs is 6. The summed E-state index contributed by atoms with van der Waals surface area (Å²) in [6.07, 6.45) is 8.17. The molecule has 7 nitrogen and oxygen atoms in total. The Morgan fingerprint density at radius 3 is 2.55 bits per heavy atom. The molecule has 216 valence electrons. The van der Waals surface area contributed by atoms with Gasteiger partial charge in [0.25, 0.3) is 0 Å². The van der Waals surface area contributed by atoms with Gasteiger partial charge in [-0.1, -0.05) is 37.3 Å². The van der Waals surface area contributed by atoms with Crippen molar-refractivity contribution in [1.29, 1.82) is 0 Å². The van der Waals surface area contributed by atoms with E-state index in [-0.39, 0.29) is 53.7 Å². The summed E-state index contributed by atoms with van der Waals surface area (Å²) in [5.41, 5.74) is -3.24. The van der Waals surface area contributed by atoms with Crippen LogP contribution in [-0.4, -0.2) is 51.3 Å². The summed E-state index contributed by atoms with van der Waals surface area (Å²) in [7, 11) is 0. The highest BCUT2D eigenvalue weighted by atomic mass is 16.6. The fraction of sp³-hybridized carbons (Fsp3) is 0.727. The topological polar surface area (TPSA) is 110 Å². The van der Waals surface area contributed by atoms with Gasteiger partial charge < -0.3 is 24.5 Å². The van der Waals surface area contributed by atoms with Crippen LogP contribution in [0.25, 0.3) is 0 Å². The molecule has 0 radical (unpaired) electrons. The molecule has 1 spiro atoms. The first kappa shape index (κ1) is 26.6. The highest BCUT2D eigenvalue weighted by Gasteiger charge is 2.84. The Morgan fingerprint density at radius 2 is 1.85 bits per heavy atom. The van der Waals surface area contributed by atoms with Crippen LogP contribution in [-0.2, 0) is 23.9 Å². The van der Waals surface area contributed by atoms with Crippen LogP contribution >= 0.6 is 0 Å². The highest BCUT2D eigenvalue weighted by molar-refractivity contribution is 5.91. The van der Waals surface area contributed by atoms with Gasteiger partial charge in [0.1, 0.15) is 18.0 Å². The van der Waals surface area contributed by atoms with E-state index in [9.17, 15) is 24.6 Å². The Balaban J connectivity index is 1.45. The van der Waals surface area contributed by atoms with E-state index in [1.54, 1.807) is 6.92 Å². The molecule has 2 aliphatic heterocycles. The van der Waals surface area contributed by atoms with Gasteiger partial charge in [0, 0.05) is 52.4 Å². The number of Topliss-reactive ketones (excluding diaryl/α,β-unsaturated/α-hetero) is 1. The average Bonchev–Trinajstić information content (AvgIpc) is 3.56. The van der Waals surface area contributed by atoms with Gasteiger partial charge in [0.2, 0.25) is 0 Å². The quantitative estimate of drug-likeness (QED) is 0.303. The summed E-state index contributed by atoms with van der Waals surface area (Å²) in [5, 5.41) is 24.1. The van der Waals surface area contributed by atoms with E-state index in [2.05, 4.69) is 38.7 Å². The number of hydrogen-bond donors (Lipinski definition) is 2. The molecular formula is C33H42O7. The summed E-state index contributed by atoms with van der Waals surface area (Å²) < 4.78 is 12.6. The zero-order valence-corrected chi connectivity index (χ0v) is 24.2. The molecule has 3 saturated carbocycles. The molecule has 5 fully saturated rings. The second-order valence-electron chi connectivity index (χ2n) is 15.0. The lowest BCUT2D eigenvalue weighted by Crippen LogP contribution is -2.51. The largest absolute Gasteiger partial charge is 0.461 e. The summed E-state index contributed by atoms with van der Waals surface area (Å²) in [4.78, 5) is 40.2. The predicted molar refractivity (Wildman–Crippen MR) is 145 cm³/mol. The summed E-state index contributed by atoms with van der Waals surface area (Å²) in [6, 6.07) is 0. The Morgan fingerprint density at radius 1 is 1.12 bits per heavy atom. The Hall–Kier alpha value is -2.25. The van der Waals surface area contributed by atoms with Crippen molar-refractivity contribution >= 4 is 17.7 Å². The van der Waals surface area contributed by atoms with Crippen molar-refractivity contribution in [2.45, 2.75) is 96.6 Å². The normalized spacial score (nSPS) is 55.7. The van der Waals surface area contributed by atoms with Crippen LogP contribution in [0.1, 0.15) is 73.1 Å². The van der Waals surface area contributed by atoms with Crippen molar-refractivity contribution in [2.75, 3.05) is 0 Å². The maximum Gasteiger partial charge on any atom is 0.334 e. The molecule has 2 saturated heterocycles. The average molecular weight is 551 g/mol. The van der Waals surface area contributed by atoms with E-state index in [1.165, 1.54) is 0 Å². The zero-order valence-electron chi connectivity index (χ0n) is 24.2. The Kier molecular flexibility index (Phi) is 5.17. The van der Waals surface area contributed by atoms with Crippen LogP contribution in [0.5, 0.6) is 0 Å². The van der Waals surface area contributed by atoms with E-state index in [4.69, 9.17) is 9.47 Å². The molecule has 0 amide bonds. The third-order valence-electron chi connectivity index (χ3n) is 13.2. The van der Waals surface area contributed by atoms with Gasteiger partial charge in [-0.25, -0.2) is 4.79 Å². The first-order valence-electron chi connectivity index (χ1n) is 15.0. The number of allylic oxidation sites excluding steroid dienone is 2. The predicted octanol–water partition coefficient (Wildman–Crippen LogP) is 4.07. The lowest BCUT2D eigenvalue weighted by Gasteiger charge is -2.47. The minimum atomic E-state index is -1.15. The van der Waals surface area contributed by atoms with Gasteiger partial charge in [-0.15, -0.1) is 0 Å². The maximum absolute atomic E-state index is 14.6. The third-order valence-corrected chi connectivity index (χ3v) is 13.2. The van der Waals surface area contributed by atoms with E-state index >= 15 is 0 Å². The number of esters is 2. The van der Waals surface area contributed by atoms with E-state index in [0.29, 0.717) is 37.7 Å². The molecule has 0 aromatic rings.